The molecule has 0 unspecified atom stereocenters. The number of halogens is 8. The van der Waals surface area contributed by atoms with Crippen molar-refractivity contribution in [3.05, 3.63) is 48.0 Å². The largest absolute Gasteiger partial charge is 0.573 e. The summed E-state index contributed by atoms with van der Waals surface area (Å²) < 4.78 is 108. The molecule has 0 aliphatic heterocycles. The third-order valence-corrected chi connectivity index (χ3v) is 2.92. The van der Waals surface area contributed by atoms with Gasteiger partial charge in [0.25, 0.3) is 0 Å². The highest BCUT2D eigenvalue weighted by Crippen LogP contribution is 2.43. The molecule has 0 fully saturated rings. The summed E-state index contributed by atoms with van der Waals surface area (Å²) in [5.74, 6) is -1.72. The van der Waals surface area contributed by atoms with Crippen molar-refractivity contribution >= 4 is 0 Å². The van der Waals surface area contributed by atoms with Crippen molar-refractivity contribution in [2.24, 2.45) is 0 Å². The molecular weight excluding hydrogens is 364 g/mol. The molecule has 0 aliphatic rings. The number of rotatable bonds is 4. The lowest BCUT2D eigenvalue weighted by Crippen LogP contribution is -2.17. The molecule has 0 radical (unpaired) electrons. The molecule has 0 atom stereocenters. The fraction of sp³-hybridized carbons (Fsp3) is 0.200. The van der Waals surface area contributed by atoms with Crippen LogP contribution >= 0.6 is 0 Å². The normalized spacial score (nSPS) is 12.4. The maximum absolute atomic E-state index is 13.2. The number of hydrogen-bond acceptors (Lipinski definition) is 2. The van der Waals surface area contributed by atoms with E-state index in [0.717, 1.165) is 42.5 Å². The standard InChI is InChI=1S/C15H8F8O2/c16-13(17)24-11-3-1-2-10(12(11)14(18,19)20)8-4-6-9(7-5-8)25-15(21,22)23/h1-7,13H. The van der Waals surface area contributed by atoms with Crippen molar-refractivity contribution in [3.8, 4) is 22.6 Å². The lowest BCUT2D eigenvalue weighted by molar-refractivity contribution is -0.274. The van der Waals surface area contributed by atoms with Crippen LogP contribution in [0.5, 0.6) is 11.5 Å². The first-order valence-corrected chi connectivity index (χ1v) is 6.48. The number of benzene rings is 2. The third-order valence-electron chi connectivity index (χ3n) is 2.92. The Morgan fingerprint density at radius 2 is 1.40 bits per heavy atom. The average molecular weight is 372 g/mol. The molecule has 0 heterocycles. The van der Waals surface area contributed by atoms with Crippen LogP contribution in [-0.2, 0) is 6.18 Å². The predicted molar refractivity (Wildman–Crippen MR) is 70.2 cm³/mol. The van der Waals surface area contributed by atoms with Crippen LogP contribution in [-0.4, -0.2) is 13.0 Å². The summed E-state index contributed by atoms with van der Waals surface area (Å²) >= 11 is 0. The second kappa shape index (κ2) is 6.77. The van der Waals surface area contributed by atoms with Crippen molar-refractivity contribution < 1.29 is 44.6 Å². The molecule has 136 valence electrons. The van der Waals surface area contributed by atoms with Gasteiger partial charge in [-0.1, -0.05) is 24.3 Å². The van der Waals surface area contributed by atoms with Gasteiger partial charge in [-0.25, -0.2) is 0 Å². The average Bonchev–Trinajstić information content (AvgIpc) is 2.44. The number of ether oxygens (including phenoxy) is 2. The van der Waals surface area contributed by atoms with Crippen LogP contribution in [0.2, 0.25) is 0 Å². The first-order valence-electron chi connectivity index (χ1n) is 6.48. The van der Waals surface area contributed by atoms with Crippen molar-refractivity contribution in [2.75, 3.05) is 0 Å². The number of alkyl halides is 8. The van der Waals surface area contributed by atoms with E-state index in [9.17, 15) is 35.1 Å². The third kappa shape index (κ3) is 4.97. The van der Waals surface area contributed by atoms with E-state index in [2.05, 4.69) is 9.47 Å². The van der Waals surface area contributed by atoms with E-state index in [-0.39, 0.29) is 5.56 Å². The van der Waals surface area contributed by atoms with Crippen molar-refractivity contribution in [1.82, 2.24) is 0 Å². The summed E-state index contributed by atoms with van der Waals surface area (Å²) in [5, 5.41) is 0. The smallest absolute Gasteiger partial charge is 0.434 e. The monoisotopic (exact) mass is 372 g/mol. The van der Waals surface area contributed by atoms with E-state index in [0.29, 0.717) is 0 Å². The first-order chi connectivity index (χ1) is 11.5. The molecule has 10 heteroatoms. The maximum Gasteiger partial charge on any atom is 0.573 e. The summed E-state index contributed by atoms with van der Waals surface area (Å²) in [7, 11) is 0. The van der Waals surface area contributed by atoms with Gasteiger partial charge < -0.3 is 9.47 Å². The van der Waals surface area contributed by atoms with Gasteiger partial charge in [0, 0.05) is 0 Å². The maximum atomic E-state index is 13.2. The Bertz CT molecular complexity index is 720. The van der Waals surface area contributed by atoms with Gasteiger partial charge in [-0.05, 0) is 29.3 Å². The Balaban J connectivity index is 2.48. The zero-order valence-electron chi connectivity index (χ0n) is 12.0. The zero-order valence-corrected chi connectivity index (χ0v) is 12.0. The van der Waals surface area contributed by atoms with Gasteiger partial charge >= 0.3 is 19.2 Å². The highest BCUT2D eigenvalue weighted by molar-refractivity contribution is 5.71. The minimum Gasteiger partial charge on any atom is -0.434 e. The molecule has 0 aliphatic carbocycles. The lowest BCUT2D eigenvalue weighted by Gasteiger charge is -2.18. The SMILES string of the molecule is FC(F)Oc1cccc(-c2ccc(OC(F)(F)F)cc2)c1C(F)(F)F. The molecule has 0 amide bonds. The van der Waals surface area contributed by atoms with Gasteiger partial charge in [-0.15, -0.1) is 13.2 Å². The molecule has 2 nitrogen and oxygen atoms in total. The van der Waals surface area contributed by atoms with E-state index in [1.807, 2.05) is 0 Å². The molecule has 0 N–H and O–H groups in total. The van der Waals surface area contributed by atoms with E-state index in [4.69, 9.17) is 0 Å². The molecule has 0 spiro atoms. The van der Waals surface area contributed by atoms with Crippen LogP contribution in [0, 0.1) is 0 Å². The number of hydrogen-bond donors (Lipinski definition) is 0. The quantitative estimate of drug-likeness (QED) is 0.625. The first kappa shape index (κ1) is 18.8. The fourth-order valence-electron chi connectivity index (χ4n) is 2.09. The molecule has 0 saturated carbocycles. The summed E-state index contributed by atoms with van der Waals surface area (Å²) in [6.45, 7) is -3.47. The fourth-order valence-corrected chi connectivity index (χ4v) is 2.09. The van der Waals surface area contributed by atoms with Gasteiger partial charge in [0.15, 0.2) is 0 Å². The van der Waals surface area contributed by atoms with E-state index >= 15 is 0 Å². The molecule has 2 rings (SSSR count). The van der Waals surface area contributed by atoms with Crippen LogP contribution in [0.4, 0.5) is 35.1 Å². The van der Waals surface area contributed by atoms with Crippen LogP contribution in [0.15, 0.2) is 42.5 Å². The van der Waals surface area contributed by atoms with Gasteiger partial charge in [0.05, 0.1) is 0 Å². The van der Waals surface area contributed by atoms with Crippen molar-refractivity contribution in [2.45, 2.75) is 19.2 Å². The van der Waals surface area contributed by atoms with Crippen molar-refractivity contribution in [1.29, 1.82) is 0 Å². The molecule has 0 aromatic heterocycles. The van der Waals surface area contributed by atoms with Crippen LogP contribution in [0.3, 0.4) is 0 Å². The highest BCUT2D eigenvalue weighted by atomic mass is 19.4. The second-order valence-corrected chi connectivity index (χ2v) is 4.63. The highest BCUT2D eigenvalue weighted by Gasteiger charge is 2.38. The van der Waals surface area contributed by atoms with Crippen molar-refractivity contribution in [3.63, 3.8) is 0 Å². The molecule has 0 saturated heterocycles. The lowest BCUT2D eigenvalue weighted by atomic mass is 9.98. The van der Waals surface area contributed by atoms with Crippen LogP contribution in [0.25, 0.3) is 11.1 Å². The van der Waals surface area contributed by atoms with Gasteiger partial charge in [0.2, 0.25) is 0 Å². The summed E-state index contributed by atoms with van der Waals surface area (Å²) in [5.41, 5.74) is -2.13. The van der Waals surface area contributed by atoms with E-state index in [1.165, 1.54) is 0 Å². The van der Waals surface area contributed by atoms with E-state index < -0.39 is 41.8 Å². The minimum atomic E-state index is -5.03. The van der Waals surface area contributed by atoms with Gasteiger partial charge in [0.1, 0.15) is 17.1 Å². The Morgan fingerprint density at radius 3 is 1.88 bits per heavy atom. The Kier molecular flexibility index (Phi) is 5.09. The Morgan fingerprint density at radius 1 is 0.800 bits per heavy atom. The molecule has 25 heavy (non-hydrogen) atoms. The molecule has 2 aromatic carbocycles. The second-order valence-electron chi connectivity index (χ2n) is 4.63. The van der Waals surface area contributed by atoms with E-state index in [1.54, 1.807) is 0 Å². The molecular formula is C15H8F8O2. The summed E-state index contributed by atoms with van der Waals surface area (Å²) in [6.07, 6.45) is -9.98. The predicted octanol–water partition coefficient (Wildman–Crippen LogP) is 5.87. The minimum absolute atomic E-state index is 0.151. The Labute approximate surface area is 135 Å². The van der Waals surface area contributed by atoms with Crippen LogP contribution < -0.4 is 9.47 Å². The zero-order chi connectivity index (χ0) is 18.8. The van der Waals surface area contributed by atoms with Crippen LogP contribution in [0.1, 0.15) is 5.56 Å². The summed E-state index contributed by atoms with van der Waals surface area (Å²) in [4.78, 5) is 0. The van der Waals surface area contributed by atoms with Gasteiger partial charge in [-0.3, -0.25) is 0 Å². The topological polar surface area (TPSA) is 18.5 Å². The Hall–Kier alpha value is -2.52. The van der Waals surface area contributed by atoms with Gasteiger partial charge in [-0.2, -0.15) is 22.0 Å². The summed E-state index contributed by atoms with van der Waals surface area (Å²) in [6, 6.07) is 6.27. The molecule has 0 bridgehead atoms. The molecule has 2 aromatic rings.